The van der Waals surface area contributed by atoms with E-state index in [9.17, 15) is 9.59 Å². The molecule has 3 aromatic rings. The van der Waals surface area contributed by atoms with E-state index in [1.165, 1.54) is 0 Å². The third-order valence-corrected chi connectivity index (χ3v) is 4.99. The van der Waals surface area contributed by atoms with Gasteiger partial charge in [-0.25, -0.2) is 4.98 Å². The number of carbonyl (C=O) groups is 2. The molecule has 0 aliphatic carbocycles. The first kappa shape index (κ1) is 22.3. The fraction of sp³-hybridized carbons (Fsp3) is 0.375. The first-order valence-corrected chi connectivity index (χ1v) is 10.7. The summed E-state index contributed by atoms with van der Waals surface area (Å²) in [6, 6.07) is 14.2. The molecular weight excluding hydrogens is 392 g/mol. The molecule has 2 amide bonds. The highest BCUT2D eigenvalue weighted by Gasteiger charge is 2.24. The van der Waals surface area contributed by atoms with Gasteiger partial charge in [0.1, 0.15) is 17.6 Å². The van der Waals surface area contributed by atoms with Gasteiger partial charge in [-0.3, -0.25) is 9.59 Å². The van der Waals surface area contributed by atoms with Crippen molar-refractivity contribution in [2.45, 2.75) is 39.7 Å². The van der Waals surface area contributed by atoms with Gasteiger partial charge in [-0.2, -0.15) is 0 Å². The predicted octanol–water partition coefficient (Wildman–Crippen LogP) is 3.47. The number of aryl methyl sites for hydroxylation is 1. The Bertz CT molecular complexity index is 978. The molecular formula is C24H30N4O3. The molecule has 164 valence electrons. The molecule has 2 aromatic carbocycles. The first-order chi connectivity index (χ1) is 15.0. The highest BCUT2D eigenvalue weighted by Crippen LogP contribution is 2.13. The Balaban J connectivity index is 1.49. The molecule has 31 heavy (non-hydrogen) atoms. The van der Waals surface area contributed by atoms with Gasteiger partial charge in [0, 0.05) is 18.5 Å². The van der Waals surface area contributed by atoms with Crippen molar-refractivity contribution in [2.24, 2.45) is 5.92 Å². The number of fused-ring (bicyclic) bond motifs is 1. The van der Waals surface area contributed by atoms with Crippen molar-refractivity contribution in [1.82, 2.24) is 20.6 Å². The topological polar surface area (TPSA) is 96.1 Å². The summed E-state index contributed by atoms with van der Waals surface area (Å²) in [5.41, 5.74) is 2.45. The van der Waals surface area contributed by atoms with Crippen LogP contribution >= 0.6 is 0 Å². The summed E-state index contributed by atoms with van der Waals surface area (Å²) in [4.78, 5) is 33.1. The number of ether oxygens (including phenoxy) is 1. The number of nitrogens with zero attached hydrogens (tertiary/aromatic N) is 1. The molecule has 7 nitrogen and oxygen atoms in total. The summed E-state index contributed by atoms with van der Waals surface area (Å²) in [6.45, 7) is 6.81. The first-order valence-electron chi connectivity index (χ1n) is 10.7. The summed E-state index contributed by atoms with van der Waals surface area (Å²) in [5, 5.41) is 5.79. The lowest BCUT2D eigenvalue weighted by Crippen LogP contribution is -2.49. The minimum atomic E-state index is -0.606. The van der Waals surface area contributed by atoms with Crippen LogP contribution in [0.15, 0.2) is 48.5 Å². The number of amides is 2. The van der Waals surface area contributed by atoms with Crippen LogP contribution in [0.3, 0.4) is 0 Å². The predicted molar refractivity (Wildman–Crippen MR) is 121 cm³/mol. The second-order valence-electron chi connectivity index (χ2n) is 7.75. The van der Waals surface area contributed by atoms with Gasteiger partial charge < -0.3 is 20.4 Å². The van der Waals surface area contributed by atoms with Crippen LogP contribution in [0.2, 0.25) is 0 Å². The zero-order valence-corrected chi connectivity index (χ0v) is 18.3. The number of aromatic nitrogens is 2. The van der Waals surface area contributed by atoms with E-state index in [0.29, 0.717) is 24.5 Å². The van der Waals surface area contributed by atoms with Crippen LogP contribution in [0.25, 0.3) is 11.0 Å². The summed E-state index contributed by atoms with van der Waals surface area (Å²) in [7, 11) is 0. The zero-order valence-electron chi connectivity index (χ0n) is 18.3. The maximum Gasteiger partial charge on any atom is 0.251 e. The second kappa shape index (κ2) is 10.6. The van der Waals surface area contributed by atoms with Crippen molar-refractivity contribution in [3.05, 3.63) is 59.9 Å². The quantitative estimate of drug-likeness (QED) is 0.436. The fourth-order valence-electron chi connectivity index (χ4n) is 3.33. The zero-order chi connectivity index (χ0) is 22.2. The number of hydrogen-bond donors (Lipinski definition) is 3. The Hall–Kier alpha value is -3.35. The molecule has 0 aliphatic heterocycles. The smallest absolute Gasteiger partial charge is 0.251 e. The molecule has 1 aromatic heterocycles. The van der Waals surface area contributed by atoms with E-state index in [2.05, 4.69) is 20.6 Å². The largest absolute Gasteiger partial charge is 0.494 e. The van der Waals surface area contributed by atoms with E-state index in [1.807, 2.05) is 45.0 Å². The van der Waals surface area contributed by atoms with Gasteiger partial charge in [0.15, 0.2) is 0 Å². The average molecular weight is 423 g/mol. The summed E-state index contributed by atoms with van der Waals surface area (Å²) >= 11 is 0. The van der Waals surface area contributed by atoms with Crippen molar-refractivity contribution in [1.29, 1.82) is 0 Å². The van der Waals surface area contributed by atoms with Crippen LogP contribution in [0.5, 0.6) is 5.75 Å². The molecule has 0 aliphatic rings. The Morgan fingerprint density at radius 2 is 1.84 bits per heavy atom. The second-order valence-corrected chi connectivity index (χ2v) is 7.75. The molecule has 0 spiro atoms. The monoisotopic (exact) mass is 422 g/mol. The van der Waals surface area contributed by atoms with E-state index < -0.39 is 6.04 Å². The van der Waals surface area contributed by atoms with Crippen LogP contribution in [0.1, 0.15) is 43.4 Å². The molecule has 1 atom stereocenters. The molecule has 0 radical (unpaired) electrons. The third kappa shape index (κ3) is 6.07. The van der Waals surface area contributed by atoms with Crippen molar-refractivity contribution < 1.29 is 14.3 Å². The molecule has 0 saturated heterocycles. The van der Waals surface area contributed by atoms with Gasteiger partial charge in [0.05, 0.1) is 17.6 Å². The maximum absolute atomic E-state index is 12.7. The van der Waals surface area contributed by atoms with Gasteiger partial charge in [-0.15, -0.1) is 0 Å². The summed E-state index contributed by atoms with van der Waals surface area (Å²) in [6.07, 6.45) is 1.49. The van der Waals surface area contributed by atoms with Crippen molar-refractivity contribution in [2.75, 3.05) is 13.2 Å². The van der Waals surface area contributed by atoms with E-state index in [0.717, 1.165) is 29.7 Å². The Morgan fingerprint density at radius 3 is 2.52 bits per heavy atom. The van der Waals surface area contributed by atoms with Gasteiger partial charge in [0.2, 0.25) is 5.91 Å². The van der Waals surface area contributed by atoms with Crippen molar-refractivity contribution in [3.8, 4) is 5.75 Å². The molecule has 3 N–H and O–H groups in total. The highest BCUT2D eigenvalue weighted by atomic mass is 16.5. The highest BCUT2D eigenvalue weighted by molar-refractivity contribution is 5.97. The van der Waals surface area contributed by atoms with Gasteiger partial charge in [-0.05, 0) is 55.7 Å². The molecule has 3 rings (SSSR count). The van der Waals surface area contributed by atoms with Gasteiger partial charge in [-0.1, -0.05) is 26.0 Å². The number of hydrogen-bond acceptors (Lipinski definition) is 4. The minimum absolute atomic E-state index is 0.0398. The van der Waals surface area contributed by atoms with Gasteiger partial charge >= 0.3 is 0 Å². The number of para-hydroxylation sites is 2. The molecule has 0 saturated carbocycles. The Labute approximate surface area is 182 Å². The van der Waals surface area contributed by atoms with Gasteiger partial charge in [0.25, 0.3) is 5.91 Å². The number of imidazole rings is 1. The summed E-state index contributed by atoms with van der Waals surface area (Å²) in [5.74, 6) is 1.11. The van der Waals surface area contributed by atoms with Crippen LogP contribution in [0.4, 0.5) is 0 Å². The molecule has 7 heteroatoms. The fourth-order valence-corrected chi connectivity index (χ4v) is 3.33. The number of rotatable bonds is 10. The third-order valence-electron chi connectivity index (χ3n) is 4.99. The van der Waals surface area contributed by atoms with E-state index >= 15 is 0 Å². The molecule has 1 heterocycles. The van der Waals surface area contributed by atoms with E-state index in [1.54, 1.807) is 24.3 Å². The van der Waals surface area contributed by atoms with Crippen LogP contribution < -0.4 is 15.4 Å². The van der Waals surface area contributed by atoms with Crippen LogP contribution in [-0.2, 0) is 11.2 Å². The van der Waals surface area contributed by atoms with Crippen molar-refractivity contribution >= 4 is 22.8 Å². The molecule has 1 unspecified atom stereocenters. The molecule has 0 bridgehead atoms. The average Bonchev–Trinajstić information content (AvgIpc) is 3.18. The standard InChI is InChI=1S/C24H30N4O3/c1-4-31-18-13-11-17(12-14-18)23(29)28-22(16(2)3)24(30)25-15-7-10-21-26-19-8-5-6-9-20(19)27-21/h5-6,8-9,11-14,16,22H,4,7,10,15H2,1-3H3,(H,25,30)(H,26,27)(H,28,29). The lowest BCUT2D eigenvalue weighted by Gasteiger charge is -2.21. The van der Waals surface area contributed by atoms with Crippen LogP contribution in [-0.4, -0.2) is 41.0 Å². The lowest BCUT2D eigenvalue weighted by molar-refractivity contribution is -0.123. The minimum Gasteiger partial charge on any atom is -0.494 e. The number of benzene rings is 2. The molecule has 0 fully saturated rings. The Morgan fingerprint density at radius 1 is 1.10 bits per heavy atom. The number of nitrogens with one attached hydrogen (secondary N) is 3. The maximum atomic E-state index is 12.7. The number of aromatic amines is 1. The SMILES string of the molecule is CCOc1ccc(C(=O)NC(C(=O)NCCCc2nc3ccccc3[nH]2)C(C)C)cc1. The van der Waals surface area contributed by atoms with E-state index in [-0.39, 0.29) is 17.7 Å². The van der Waals surface area contributed by atoms with E-state index in [4.69, 9.17) is 4.74 Å². The number of H-pyrrole nitrogens is 1. The van der Waals surface area contributed by atoms with Crippen molar-refractivity contribution in [3.63, 3.8) is 0 Å². The van der Waals surface area contributed by atoms with Crippen LogP contribution in [0, 0.1) is 5.92 Å². The Kier molecular flexibility index (Phi) is 7.65. The lowest BCUT2D eigenvalue weighted by atomic mass is 10.0. The number of carbonyl (C=O) groups excluding carboxylic acids is 2. The summed E-state index contributed by atoms with van der Waals surface area (Å²) < 4.78 is 5.40. The normalized spacial score (nSPS) is 12.0.